The number of H-pyrrole nitrogens is 1. The average molecular weight is 680 g/mol. The Balaban J connectivity index is 1.18. The summed E-state index contributed by atoms with van der Waals surface area (Å²) in [5.41, 5.74) is 2.30. The Morgan fingerprint density at radius 1 is 1.00 bits per heavy atom. The van der Waals surface area contributed by atoms with Crippen LogP contribution in [0.3, 0.4) is 0 Å². The number of carbonyl (C=O) groups excluding carboxylic acids is 1. The predicted octanol–water partition coefficient (Wildman–Crippen LogP) is 6.13. The van der Waals surface area contributed by atoms with Gasteiger partial charge in [-0.05, 0) is 63.5 Å². The number of unbranched alkanes of at least 4 members (excludes halogenated alkanes) is 1. The van der Waals surface area contributed by atoms with Crippen LogP contribution in [-0.4, -0.2) is 95.7 Å². The van der Waals surface area contributed by atoms with Crippen molar-refractivity contribution in [2.24, 2.45) is 0 Å². The molecule has 0 unspecified atom stereocenters. The standard InChI is InChI=1S/C36H47F2N7O4/c1-2-47-17-18-49-20-19-48-16-14-39-36(46)45(15-7-6-11-26-9-4-3-5-10-26)29-13-8-12-28(22-29)43-35-32(38)25-42-34(44-35)31-24-41-33-30(31)21-27(37)23-40-33/h3-5,9-10,21,23-25,28-29H,2,6-8,11-20,22H2,1H3,(H,39,46)(H,40,41)(H,42,43,44)/t28-,29+/m1/s1. The molecule has 3 aromatic heterocycles. The van der Waals surface area contributed by atoms with Gasteiger partial charge >= 0.3 is 6.03 Å². The summed E-state index contributed by atoms with van der Waals surface area (Å²) in [5, 5.41) is 6.84. The maximum atomic E-state index is 15.0. The second-order valence-electron chi connectivity index (χ2n) is 12.1. The first-order chi connectivity index (χ1) is 24.0. The number of carbonyl (C=O) groups is 1. The van der Waals surface area contributed by atoms with Crippen molar-refractivity contribution in [1.29, 1.82) is 0 Å². The maximum Gasteiger partial charge on any atom is 0.317 e. The van der Waals surface area contributed by atoms with E-state index in [0.717, 1.165) is 50.9 Å². The Morgan fingerprint density at radius 2 is 1.80 bits per heavy atom. The molecule has 3 heterocycles. The monoisotopic (exact) mass is 679 g/mol. The molecule has 0 saturated heterocycles. The van der Waals surface area contributed by atoms with Crippen LogP contribution in [0.25, 0.3) is 22.4 Å². The number of aryl methyl sites for hydroxylation is 1. The predicted molar refractivity (Wildman–Crippen MR) is 184 cm³/mol. The molecule has 1 aliphatic carbocycles. The number of urea groups is 1. The number of anilines is 1. The summed E-state index contributed by atoms with van der Waals surface area (Å²) in [6, 6.07) is 11.4. The summed E-state index contributed by atoms with van der Waals surface area (Å²) in [4.78, 5) is 31.2. The Labute approximate surface area is 286 Å². The SMILES string of the molecule is CCOCCOCCOCCNC(=O)N(CCCCc1ccccc1)[C@H]1CCC[C@@H](Nc2nc(-c3c[nH]c4ncc(F)cc34)ncc2F)C1. The van der Waals surface area contributed by atoms with Gasteiger partial charge in [-0.3, -0.25) is 0 Å². The zero-order valence-electron chi connectivity index (χ0n) is 28.1. The number of nitrogens with one attached hydrogen (secondary N) is 3. The molecule has 0 radical (unpaired) electrons. The number of benzene rings is 1. The van der Waals surface area contributed by atoms with Crippen LogP contribution >= 0.6 is 0 Å². The minimum absolute atomic E-state index is 0.0327. The van der Waals surface area contributed by atoms with Gasteiger partial charge in [-0.15, -0.1) is 0 Å². The molecule has 0 bridgehead atoms. The molecule has 13 heteroatoms. The summed E-state index contributed by atoms with van der Waals surface area (Å²) in [6.45, 7) is 5.98. The highest BCUT2D eigenvalue weighted by atomic mass is 19.1. The highest BCUT2D eigenvalue weighted by Gasteiger charge is 2.30. The van der Waals surface area contributed by atoms with E-state index in [2.05, 4.69) is 42.7 Å². The molecular weight excluding hydrogens is 632 g/mol. The molecule has 264 valence electrons. The van der Waals surface area contributed by atoms with Gasteiger partial charge in [0.15, 0.2) is 17.5 Å². The van der Waals surface area contributed by atoms with Crippen molar-refractivity contribution in [1.82, 2.24) is 30.2 Å². The van der Waals surface area contributed by atoms with Crippen LogP contribution in [-0.2, 0) is 20.6 Å². The Kier molecular flexibility index (Phi) is 14.1. The number of nitrogens with zero attached hydrogens (tertiary/aromatic N) is 4. The molecule has 1 saturated carbocycles. The quantitative estimate of drug-likeness (QED) is 0.101. The summed E-state index contributed by atoms with van der Waals surface area (Å²) < 4.78 is 45.3. The van der Waals surface area contributed by atoms with E-state index in [0.29, 0.717) is 75.7 Å². The lowest BCUT2D eigenvalue weighted by atomic mass is 9.89. The van der Waals surface area contributed by atoms with Crippen molar-refractivity contribution in [3.8, 4) is 11.4 Å². The Morgan fingerprint density at radius 3 is 2.61 bits per heavy atom. The molecule has 11 nitrogen and oxygen atoms in total. The first-order valence-corrected chi connectivity index (χ1v) is 17.3. The number of hydrogen-bond donors (Lipinski definition) is 3. The van der Waals surface area contributed by atoms with E-state index in [1.807, 2.05) is 30.0 Å². The largest absolute Gasteiger partial charge is 0.379 e. The second kappa shape index (κ2) is 19.1. The first kappa shape index (κ1) is 36.1. The van der Waals surface area contributed by atoms with E-state index in [4.69, 9.17) is 14.2 Å². The van der Waals surface area contributed by atoms with Gasteiger partial charge in [0.2, 0.25) is 0 Å². The first-order valence-electron chi connectivity index (χ1n) is 17.3. The van der Waals surface area contributed by atoms with Crippen molar-refractivity contribution < 1.29 is 27.8 Å². The average Bonchev–Trinajstić information content (AvgIpc) is 3.53. The van der Waals surface area contributed by atoms with Crippen molar-refractivity contribution >= 4 is 22.9 Å². The van der Waals surface area contributed by atoms with Gasteiger partial charge in [0.25, 0.3) is 0 Å². The molecule has 4 aromatic rings. The lowest BCUT2D eigenvalue weighted by molar-refractivity contribution is 0.0176. The van der Waals surface area contributed by atoms with Crippen LogP contribution in [0.5, 0.6) is 0 Å². The van der Waals surface area contributed by atoms with Crippen molar-refractivity contribution in [2.75, 3.05) is 58.0 Å². The molecule has 1 aromatic carbocycles. The van der Waals surface area contributed by atoms with E-state index in [-0.39, 0.29) is 29.8 Å². The van der Waals surface area contributed by atoms with Crippen LogP contribution in [0, 0.1) is 11.6 Å². The Hall–Kier alpha value is -4.20. The molecule has 1 fully saturated rings. The van der Waals surface area contributed by atoms with Crippen molar-refractivity contribution in [3.05, 3.63) is 72.2 Å². The molecule has 0 aliphatic heterocycles. The number of amides is 2. The normalized spacial score (nSPS) is 16.1. The molecular formula is C36H47F2N7O4. The van der Waals surface area contributed by atoms with Crippen LogP contribution in [0.15, 0.2) is 55.0 Å². The van der Waals surface area contributed by atoms with E-state index >= 15 is 4.39 Å². The summed E-state index contributed by atoms with van der Waals surface area (Å²) in [6.07, 6.45) is 9.82. The molecule has 1 aliphatic rings. The number of fused-ring (bicyclic) bond motifs is 1. The van der Waals surface area contributed by atoms with Gasteiger partial charge in [0.05, 0.1) is 45.4 Å². The molecule has 49 heavy (non-hydrogen) atoms. The van der Waals surface area contributed by atoms with E-state index in [1.165, 1.54) is 11.6 Å². The molecule has 2 amide bonds. The smallest absolute Gasteiger partial charge is 0.317 e. The van der Waals surface area contributed by atoms with Gasteiger partial charge in [-0.2, -0.15) is 0 Å². The lowest BCUT2D eigenvalue weighted by Gasteiger charge is -2.38. The molecule has 5 rings (SSSR count). The third-order valence-corrected chi connectivity index (χ3v) is 8.60. The van der Waals surface area contributed by atoms with Gasteiger partial charge < -0.3 is 34.7 Å². The van der Waals surface area contributed by atoms with Crippen LogP contribution in [0.4, 0.5) is 19.4 Å². The highest BCUT2D eigenvalue weighted by molar-refractivity contribution is 5.91. The number of aromatic nitrogens is 4. The van der Waals surface area contributed by atoms with Gasteiger partial charge in [-0.25, -0.2) is 28.5 Å². The zero-order valence-corrected chi connectivity index (χ0v) is 28.1. The van der Waals surface area contributed by atoms with Gasteiger partial charge in [0, 0.05) is 48.9 Å². The van der Waals surface area contributed by atoms with E-state index in [1.54, 1.807) is 6.20 Å². The fraction of sp³-hybridized carbons (Fsp3) is 0.500. The number of hydrogen-bond acceptors (Lipinski definition) is 8. The molecule has 0 spiro atoms. The van der Waals surface area contributed by atoms with Gasteiger partial charge in [-0.1, -0.05) is 30.3 Å². The minimum atomic E-state index is -0.578. The summed E-state index contributed by atoms with van der Waals surface area (Å²) in [7, 11) is 0. The third-order valence-electron chi connectivity index (χ3n) is 8.60. The lowest BCUT2D eigenvalue weighted by Crippen LogP contribution is -2.50. The van der Waals surface area contributed by atoms with Crippen molar-refractivity contribution in [2.45, 2.75) is 64.0 Å². The number of halogens is 2. The van der Waals surface area contributed by atoms with Crippen LogP contribution in [0.2, 0.25) is 0 Å². The topological polar surface area (TPSA) is 127 Å². The summed E-state index contributed by atoms with van der Waals surface area (Å²) >= 11 is 0. The van der Waals surface area contributed by atoms with Crippen molar-refractivity contribution in [3.63, 3.8) is 0 Å². The summed E-state index contributed by atoms with van der Waals surface area (Å²) in [5.74, 6) is -0.729. The molecule has 3 N–H and O–H groups in total. The third kappa shape index (κ3) is 10.9. The highest BCUT2D eigenvalue weighted by Crippen LogP contribution is 2.29. The number of ether oxygens (including phenoxy) is 3. The maximum absolute atomic E-state index is 15.0. The van der Waals surface area contributed by atoms with E-state index in [9.17, 15) is 9.18 Å². The van der Waals surface area contributed by atoms with Crippen LogP contribution in [0.1, 0.15) is 51.0 Å². The zero-order chi connectivity index (χ0) is 34.3. The van der Waals surface area contributed by atoms with E-state index < -0.39 is 11.6 Å². The number of aromatic amines is 1. The van der Waals surface area contributed by atoms with Gasteiger partial charge in [0.1, 0.15) is 11.5 Å². The number of pyridine rings is 1. The second-order valence-corrected chi connectivity index (χ2v) is 12.1. The van der Waals surface area contributed by atoms with Crippen LogP contribution < -0.4 is 10.6 Å². The molecule has 2 atom stereocenters. The Bertz CT molecular complexity index is 1590. The fourth-order valence-corrected chi connectivity index (χ4v) is 6.15. The minimum Gasteiger partial charge on any atom is -0.379 e. The number of rotatable bonds is 19. The fourth-order valence-electron chi connectivity index (χ4n) is 6.15.